The molecular weight excluding hydrogens is 258 g/mol. The summed E-state index contributed by atoms with van der Waals surface area (Å²) in [5, 5.41) is 0. The minimum atomic E-state index is 0.110. The van der Waals surface area contributed by atoms with Crippen LogP contribution in [0.1, 0.15) is 36.6 Å². The highest BCUT2D eigenvalue weighted by atomic mass is 16.1. The van der Waals surface area contributed by atoms with Crippen LogP contribution in [0.4, 0.5) is 0 Å². The van der Waals surface area contributed by atoms with Crippen molar-refractivity contribution >= 4 is 5.78 Å². The maximum absolute atomic E-state index is 11.8. The third kappa shape index (κ3) is 2.89. The molecule has 0 aliphatic carbocycles. The Kier molecular flexibility index (Phi) is 3.87. The van der Waals surface area contributed by atoms with E-state index in [9.17, 15) is 4.79 Å². The van der Waals surface area contributed by atoms with Crippen LogP contribution < -0.4 is 0 Å². The first-order valence-corrected chi connectivity index (χ1v) is 7.34. The summed E-state index contributed by atoms with van der Waals surface area (Å²) in [5.74, 6) is 0.195. The zero-order chi connectivity index (χ0) is 14.7. The van der Waals surface area contributed by atoms with Gasteiger partial charge in [0.2, 0.25) is 0 Å². The summed E-state index contributed by atoms with van der Waals surface area (Å²) in [7, 11) is 0. The molecule has 2 nitrogen and oxygen atoms in total. The van der Waals surface area contributed by atoms with Crippen LogP contribution >= 0.6 is 0 Å². The molecule has 2 heteroatoms. The van der Waals surface area contributed by atoms with E-state index < -0.39 is 0 Å². The van der Waals surface area contributed by atoms with Crippen LogP contribution in [0.5, 0.6) is 0 Å². The van der Waals surface area contributed by atoms with E-state index in [2.05, 4.69) is 48.2 Å². The van der Waals surface area contributed by atoms with Crippen molar-refractivity contribution in [2.24, 2.45) is 0 Å². The number of nitrogens with zero attached hydrogens (tertiary/aromatic N) is 1. The van der Waals surface area contributed by atoms with Gasteiger partial charge < -0.3 is 4.90 Å². The quantitative estimate of drug-likeness (QED) is 0.834. The average Bonchev–Trinajstić information content (AvgIpc) is 2.56. The fourth-order valence-electron chi connectivity index (χ4n) is 2.90. The number of carbonyl (C=O) groups is 1. The Morgan fingerprint density at radius 1 is 1.00 bits per heavy atom. The SMILES string of the molecule is C[C@H](c1ccccc1)N1C=CC(=O)C[C@@H]1c1ccccc1. The summed E-state index contributed by atoms with van der Waals surface area (Å²) in [6.45, 7) is 2.19. The van der Waals surface area contributed by atoms with Crippen molar-refractivity contribution in [3.8, 4) is 0 Å². The molecule has 3 rings (SSSR count). The van der Waals surface area contributed by atoms with Gasteiger partial charge in [-0.25, -0.2) is 0 Å². The number of carbonyl (C=O) groups excluding carboxylic acids is 1. The number of benzene rings is 2. The van der Waals surface area contributed by atoms with Crippen LogP contribution in [0.15, 0.2) is 72.9 Å². The normalized spacial score (nSPS) is 19.6. The maximum atomic E-state index is 11.8. The van der Waals surface area contributed by atoms with Crippen molar-refractivity contribution in [3.05, 3.63) is 84.1 Å². The average molecular weight is 277 g/mol. The first-order chi connectivity index (χ1) is 10.3. The molecule has 0 spiro atoms. The fourth-order valence-corrected chi connectivity index (χ4v) is 2.90. The van der Waals surface area contributed by atoms with Gasteiger partial charge in [-0.15, -0.1) is 0 Å². The van der Waals surface area contributed by atoms with Crippen LogP contribution in [0.2, 0.25) is 0 Å². The van der Waals surface area contributed by atoms with Gasteiger partial charge in [0.1, 0.15) is 0 Å². The lowest BCUT2D eigenvalue weighted by molar-refractivity contribution is -0.116. The van der Waals surface area contributed by atoms with E-state index in [1.165, 1.54) is 11.1 Å². The number of hydrogen-bond acceptors (Lipinski definition) is 2. The Morgan fingerprint density at radius 3 is 2.29 bits per heavy atom. The highest BCUT2D eigenvalue weighted by Crippen LogP contribution is 2.35. The molecule has 0 bridgehead atoms. The number of allylic oxidation sites excluding steroid dienone is 1. The van der Waals surface area contributed by atoms with Gasteiger partial charge in [-0.05, 0) is 24.1 Å². The monoisotopic (exact) mass is 277 g/mol. The molecular formula is C19H19NO. The van der Waals surface area contributed by atoms with Crippen LogP contribution in [0.25, 0.3) is 0 Å². The van der Waals surface area contributed by atoms with E-state index in [0.717, 1.165) is 0 Å². The van der Waals surface area contributed by atoms with Crippen molar-refractivity contribution in [3.63, 3.8) is 0 Å². The van der Waals surface area contributed by atoms with Gasteiger partial charge in [-0.1, -0.05) is 60.7 Å². The van der Waals surface area contributed by atoms with E-state index in [0.29, 0.717) is 6.42 Å². The van der Waals surface area contributed by atoms with E-state index in [-0.39, 0.29) is 17.9 Å². The Morgan fingerprint density at radius 2 is 1.62 bits per heavy atom. The molecule has 1 heterocycles. The summed E-state index contributed by atoms with van der Waals surface area (Å²) in [6, 6.07) is 21.0. The lowest BCUT2D eigenvalue weighted by atomic mass is 9.94. The fraction of sp³-hybridized carbons (Fsp3) is 0.211. The van der Waals surface area contributed by atoms with Gasteiger partial charge in [-0.3, -0.25) is 4.79 Å². The Labute approximate surface area is 125 Å². The van der Waals surface area contributed by atoms with Crippen molar-refractivity contribution in [1.82, 2.24) is 4.90 Å². The molecule has 2 atom stereocenters. The standard InChI is InChI=1S/C19H19NO/c1-15(16-8-4-2-5-9-16)20-13-12-18(21)14-19(20)17-10-6-3-7-11-17/h2-13,15,19H,14H2,1H3/t15-,19-/m1/s1. The third-order valence-corrected chi connectivity index (χ3v) is 4.10. The highest BCUT2D eigenvalue weighted by molar-refractivity contribution is 5.91. The van der Waals surface area contributed by atoms with Gasteiger partial charge >= 0.3 is 0 Å². The molecule has 2 aromatic carbocycles. The molecule has 1 aliphatic heterocycles. The Bertz CT molecular complexity index is 633. The van der Waals surface area contributed by atoms with E-state index in [1.54, 1.807) is 6.08 Å². The molecule has 0 fully saturated rings. The molecule has 0 amide bonds. The first-order valence-electron chi connectivity index (χ1n) is 7.34. The van der Waals surface area contributed by atoms with Crippen LogP contribution in [0, 0.1) is 0 Å². The lowest BCUT2D eigenvalue weighted by Gasteiger charge is -2.38. The molecule has 106 valence electrons. The summed E-state index contributed by atoms with van der Waals surface area (Å²) in [6.07, 6.45) is 4.18. The van der Waals surface area contributed by atoms with E-state index in [4.69, 9.17) is 0 Å². The second-order valence-corrected chi connectivity index (χ2v) is 5.45. The smallest absolute Gasteiger partial charge is 0.159 e. The maximum Gasteiger partial charge on any atom is 0.159 e. The largest absolute Gasteiger partial charge is 0.363 e. The predicted octanol–water partition coefficient (Wildman–Crippen LogP) is 4.28. The highest BCUT2D eigenvalue weighted by Gasteiger charge is 2.27. The van der Waals surface area contributed by atoms with Gasteiger partial charge in [-0.2, -0.15) is 0 Å². The Balaban J connectivity index is 1.94. The summed E-state index contributed by atoms with van der Waals surface area (Å²) < 4.78 is 0. The topological polar surface area (TPSA) is 20.3 Å². The summed E-state index contributed by atoms with van der Waals surface area (Å²) in [5.41, 5.74) is 2.45. The molecule has 0 radical (unpaired) electrons. The van der Waals surface area contributed by atoms with E-state index in [1.807, 2.05) is 30.5 Å². The zero-order valence-corrected chi connectivity index (χ0v) is 12.1. The second kappa shape index (κ2) is 5.96. The summed E-state index contributed by atoms with van der Waals surface area (Å²) in [4.78, 5) is 14.1. The molecule has 0 N–H and O–H groups in total. The van der Waals surface area contributed by atoms with Gasteiger partial charge in [0, 0.05) is 12.6 Å². The minimum absolute atomic E-state index is 0.110. The number of hydrogen-bond donors (Lipinski definition) is 0. The second-order valence-electron chi connectivity index (χ2n) is 5.45. The van der Waals surface area contributed by atoms with Crippen LogP contribution in [-0.4, -0.2) is 10.7 Å². The molecule has 0 saturated carbocycles. The molecule has 0 unspecified atom stereocenters. The van der Waals surface area contributed by atoms with Crippen LogP contribution in [0.3, 0.4) is 0 Å². The van der Waals surface area contributed by atoms with Gasteiger partial charge in [0.25, 0.3) is 0 Å². The number of ketones is 1. The zero-order valence-electron chi connectivity index (χ0n) is 12.1. The van der Waals surface area contributed by atoms with Crippen molar-refractivity contribution in [2.75, 3.05) is 0 Å². The van der Waals surface area contributed by atoms with Gasteiger partial charge in [0.05, 0.1) is 12.1 Å². The van der Waals surface area contributed by atoms with Crippen LogP contribution in [-0.2, 0) is 4.79 Å². The molecule has 0 aromatic heterocycles. The first kappa shape index (κ1) is 13.6. The Hall–Kier alpha value is -2.35. The van der Waals surface area contributed by atoms with Gasteiger partial charge in [0.15, 0.2) is 5.78 Å². The minimum Gasteiger partial charge on any atom is -0.363 e. The van der Waals surface area contributed by atoms with E-state index >= 15 is 0 Å². The lowest BCUT2D eigenvalue weighted by Crippen LogP contribution is -2.31. The number of rotatable bonds is 3. The van der Waals surface area contributed by atoms with Crippen molar-refractivity contribution in [2.45, 2.75) is 25.4 Å². The molecule has 21 heavy (non-hydrogen) atoms. The molecule has 0 saturated heterocycles. The summed E-state index contributed by atoms with van der Waals surface area (Å²) >= 11 is 0. The molecule has 2 aromatic rings. The third-order valence-electron chi connectivity index (χ3n) is 4.10. The van der Waals surface area contributed by atoms with Crippen molar-refractivity contribution < 1.29 is 4.79 Å². The predicted molar refractivity (Wildman–Crippen MR) is 84.6 cm³/mol. The molecule has 1 aliphatic rings. The van der Waals surface area contributed by atoms with Crippen molar-refractivity contribution in [1.29, 1.82) is 0 Å².